The number of hydrogen-bond acceptors (Lipinski definition) is 4. The molecule has 0 aromatic heterocycles. The molecule has 0 heterocycles. The highest BCUT2D eigenvalue weighted by molar-refractivity contribution is 5.35. The number of nitrogens with one attached hydrogen (secondary N) is 1. The highest BCUT2D eigenvalue weighted by Gasteiger charge is 2.08. The van der Waals surface area contributed by atoms with Gasteiger partial charge in [-0.1, -0.05) is 17.7 Å². The van der Waals surface area contributed by atoms with Crippen LogP contribution in [-0.4, -0.2) is 42.1 Å². The maximum Gasteiger partial charge on any atom is 0.122 e. The van der Waals surface area contributed by atoms with Gasteiger partial charge in [-0.3, -0.25) is 0 Å². The quantitative estimate of drug-likeness (QED) is 0.666. The van der Waals surface area contributed by atoms with Crippen LogP contribution in [0.15, 0.2) is 18.2 Å². The summed E-state index contributed by atoms with van der Waals surface area (Å²) in [5, 5.41) is 21.8. The molecule has 0 aliphatic heterocycles. The molecule has 0 saturated carbocycles. The number of hydrogen-bond donors (Lipinski definition) is 3. The number of ether oxygens (including phenoxy) is 1. The first-order valence-electron chi connectivity index (χ1n) is 6.75. The van der Waals surface area contributed by atoms with Crippen molar-refractivity contribution in [2.45, 2.75) is 39.3 Å². The van der Waals surface area contributed by atoms with E-state index in [1.165, 1.54) is 5.56 Å². The van der Waals surface area contributed by atoms with Crippen molar-refractivity contribution in [3.63, 3.8) is 0 Å². The van der Waals surface area contributed by atoms with Crippen molar-refractivity contribution >= 4 is 0 Å². The number of aryl methyl sites for hydroxylation is 2. The second kappa shape index (κ2) is 8.15. The Balaban J connectivity index is 2.31. The third-order valence-electron chi connectivity index (χ3n) is 3.03. The van der Waals surface area contributed by atoms with Crippen LogP contribution in [0.2, 0.25) is 0 Å². The summed E-state index contributed by atoms with van der Waals surface area (Å²) in [7, 11) is 0. The summed E-state index contributed by atoms with van der Waals surface area (Å²) in [6.45, 7) is 6.90. The van der Waals surface area contributed by atoms with E-state index in [9.17, 15) is 5.11 Å². The van der Waals surface area contributed by atoms with Gasteiger partial charge in [0.05, 0.1) is 0 Å². The van der Waals surface area contributed by atoms with Crippen LogP contribution in [0.5, 0.6) is 5.75 Å². The molecule has 0 spiro atoms. The van der Waals surface area contributed by atoms with Crippen LogP contribution >= 0.6 is 0 Å². The van der Waals surface area contributed by atoms with Crippen molar-refractivity contribution in [2.24, 2.45) is 0 Å². The third kappa shape index (κ3) is 6.05. The minimum Gasteiger partial charge on any atom is -0.491 e. The third-order valence-corrected chi connectivity index (χ3v) is 3.03. The molecule has 3 N–H and O–H groups in total. The normalized spacial score (nSPS) is 14.2. The molecule has 0 bridgehead atoms. The fraction of sp³-hybridized carbons (Fsp3) is 0.600. The zero-order valence-electron chi connectivity index (χ0n) is 12.0. The standard InChI is InChI=1S/C15H25NO3/c1-11-4-5-15(12(2)8-11)19-10-14(18)9-16-13(3)6-7-17/h4-5,8,13-14,16-18H,6-7,9-10H2,1-3H3/t13-,14+/m1/s1. The maximum absolute atomic E-state index is 9.82. The molecule has 1 aromatic carbocycles. The van der Waals surface area contributed by atoms with Crippen molar-refractivity contribution in [3.8, 4) is 5.75 Å². The van der Waals surface area contributed by atoms with E-state index in [2.05, 4.69) is 11.4 Å². The second-order valence-corrected chi connectivity index (χ2v) is 5.06. The number of aliphatic hydroxyl groups is 2. The lowest BCUT2D eigenvalue weighted by Gasteiger charge is -2.17. The fourth-order valence-electron chi connectivity index (χ4n) is 1.84. The summed E-state index contributed by atoms with van der Waals surface area (Å²) in [6, 6.07) is 6.18. The predicted octanol–water partition coefficient (Wildman–Crippen LogP) is 1.40. The molecule has 0 aliphatic carbocycles. The van der Waals surface area contributed by atoms with Crippen LogP contribution < -0.4 is 10.1 Å². The molecule has 1 rings (SSSR count). The molecule has 0 radical (unpaired) electrons. The van der Waals surface area contributed by atoms with Crippen LogP contribution in [0.25, 0.3) is 0 Å². The lowest BCUT2D eigenvalue weighted by atomic mass is 10.1. The zero-order valence-corrected chi connectivity index (χ0v) is 12.0. The van der Waals surface area contributed by atoms with E-state index >= 15 is 0 Å². The van der Waals surface area contributed by atoms with Crippen molar-refractivity contribution in [3.05, 3.63) is 29.3 Å². The Kier molecular flexibility index (Phi) is 6.84. The van der Waals surface area contributed by atoms with E-state index in [0.29, 0.717) is 13.0 Å². The lowest BCUT2D eigenvalue weighted by molar-refractivity contribution is 0.102. The molecule has 0 fully saturated rings. The van der Waals surface area contributed by atoms with E-state index in [1.807, 2.05) is 32.9 Å². The van der Waals surface area contributed by atoms with E-state index < -0.39 is 6.10 Å². The van der Waals surface area contributed by atoms with Crippen LogP contribution in [0.1, 0.15) is 24.5 Å². The Labute approximate surface area is 115 Å². The van der Waals surface area contributed by atoms with Crippen molar-refractivity contribution in [1.29, 1.82) is 0 Å². The fourth-order valence-corrected chi connectivity index (χ4v) is 1.84. The highest BCUT2D eigenvalue weighted by atomic mass is 16.5. The van der Waals surface area contributed by atoms with Crippen molar-refractivity contribution in [2.75, 3.05) is 19.8 Å². The minimum absolute atomic E-state index is 0.156. The van der Waals surface area contributed by atoms with Crippen LogP contribution in [0, 0.1) is 13.8 Å². The Morgan fingerprint density at radius 3 is 2.68 bits per heavy atom. The van der Waals surface area contributed by atoms with Crippen molar-refractivity contribution < 1.29 is 14.9 Å². The van der Waals surface area contributed by atoms with Gasteiger partial charge < -0.3 is 20.3 Å². The first-order valence-corrected chi connectivity index (χ1v) is 6.75. The van der Waals surface area contributed by atoms with E-state index in [-0.39, 0.29) is 19.3 Å². The summed E-state index contributed by atoms with van der Waals surface area (Å²) >= 11 is 0. The summed E-state index contributed by atoms with van der Waals surface area (Å²) < 4.78 is 5.61. The summed E-state index contributed by atoms with van der Waals surface area (Å²) in [4.78, 5) is 0. The Morgan fingerprint density at radius 2 is 2.05 bits per heavy atom. The average Bonchev–Trinajstić information content (AvgIpc) is 2.35. The van der Waals surface area contributed by atoms with Gasteiger partial charge in [-0.25, -0.2) is 0 Å². The molecule has 19 heavy (non-hydrogen) atoms. The van der Waals surface area contributed by atoms with Crippen LogP contribution in [0.3, 0.4) is 0 Å². The van der Waals surface area contributed by atoms with Gasteiger partial charge in [0.1, 0.15) is 18.5 Å². The Bertz CT molecular complexity index is 382. The SMILES string of the molecule is Cc1ccc(OC[C@@H](O)CN[C@H](C)CCO)c(C)c1. The van der Waals surface area contributed by atoms with Gasteiger partial charge in [-0.15, -0.1) is 0 Å². The molecular weight excluding hydrogens is 242 g/mol. The summed E-state index contributed by atoms with van der Waals surface area (Å²) in [5.74, 6) is 0.813. The molecule has 0 unspecified atom stereocenters. The monoisotopic (exact) mass is 267 g/mol. The molecule has 4 heteroatoms. The molecule has 0 aliphatic rings. The predicted molar refractivity (Wildman–Crippen MR) is 76.6 cm³/mol. The van der Waals surface area contributed by atoms with Gasteiger partial charge >= 0.3 is 0 Å². The minimum atomic E-state index is -0.554. The molecular formula is C15H25NO3. The first-order chi connectivity index (χ1) is 9.02. The topological polar surface area (TPSA) is 61.7 Å². The molecule has 4 nitrogen and oxygen atoms in total. The summed E-state index contributed by atoms with van der Waals surface area (Å²) in [6.07, 6.45) is 0.131. The van der Waals surface area contributed by atoms with Gasteiger partial charge in [-0.05, 0) is 38.8 Å². The Morgan fingerprint density at radius 1 is 1.32 bits per heavy atom. The zero-order chi connectivity index (χ0) is 14.3. The molecule has 108 valence electrons. The van der Waals surface area contributed by atoms with Gasteiger partial charge in [0.25, 0.3) is 0 Å². The largest absolute Gasteiger partial charge is 0.491 e. The lowest BCUT2D eigenvalue weighted by Crippen LogP contribution is -2.37. The van der Waals surface area contributed by atoms with Crippen LogP contribution in [-0.2, 0) is 0 Å². The highest BCUT2D eigenvalue weighted by Crippen LogP contribution is 2.18. The molecule has 1 aromatic rings. The van der Waals surface area contributed by atoms with E-state index in [1.54, 1.807) is 0 Å². The molecule has 0 amide bonds. The van der Waals surface area contributed by atoms with E-state index in [0.717, 1.165) is 11.3 Å². The average molecular weight is 267 g/mol. The first kappa shape index (κ1) is 16.0. The number of rotatable bonds is 8. The number of benzene rings is 1. The molecule has 2 atom stereocenters. The smallest absolute Gasteiger partial charge is 0.122 e. The van der Waals surface area contributed by atoms with E-state index in [4.69, 9.17) is 9.84 Å². The van der Waals surface area contributed by atoms with Crippen molar-refractivity contribution in [1.82, 2.24) is 5.32 Å². The van der Waals surface area contributed by atoms with Gasteiger partial charge in [0, 0.05) is 19.2 Å². The summed E-state index contributed by atoms with van der Waals surface area (Å²) in [5.41, 5.74) is 2.28. The molecule has 0 saturated heterocycles. The van der Waals surface area contributed by atoms with Gasteiger partial charge in [-0.2, -0.15) is 0 Å². The number of aliphatic hydroxyl groups excluding tert-OH is 2. The van der Waals surface area contributed by atoms with Crippen LogP contribution in [0.4, 0.5) is 0 Å². The van der Waals surface area contributed by atoms with Gasteiger partial charge in [0.15, 0.2) is 0 Å². The maximum atomic E-state index is 9.82. The Hall–Kier alpha value is -1.10. The van der Waals surface area contributed by atoms with Gasteiger partial charge in [0.2, 0.25) is 0 Å². The second-order valence-electron chi connectivity index (χ2n) is 5.06.